The molecule has 12 heteroatoms. The van der Waals surface area contributed by atoms with E-state index in [9.17, 15) is 4.79 Å². The van der Waals surface area contributed by atoms with Crippen molar-refractivity contribution >= 4 is 34.7 Å². The number of hydrogen-bond acceptors (Lipinski definition) is 8. The number of alkyl carbamates (subject to hydrolysis) is 1. The van der Waals surface area contributed by atoms with Crippen molar-refractivity contribution in [3.05, 3.63) is 64.8 Å². The van der Waals surface area contributed by atoms with Crippen LogP contribution in [0.5, 0.6) is 0 Å². The van der Waals surface area contributed by atoms with Crippen LogP contribution in [-0.2, 0) is 15.9 Å². The summed E-state index contributed by atoms with van der Waals surface area (Å²) in [7, 11) is 0. The van der Waals surface area contributed by atoms with Gasteiger partial charge in [-0.05, 0) is 76.5 Å². The van der Waals surface area contributed by atoms with Gasteiger partial charge in [0.2, 0.25) is 0 Å². The predicted octanol–water partition coefficient (Wildman–Crippen LogP) is 6.79. The highest BCUT2D eigenvalue weighted by Crippen LogP contribution is 2.52. The first-order chi connectivity index (χ1) is 21.6. The average molecular weight is 634 g/mol. The van der Waals surface area contributed by atoms with Crippen LogP contribution >= 0.6 is 11.6 Å². The average Bonchev–Trinajstić information content (AvgIpc) is 3.54. The van der Waals surface area contributed by atoms with Gasteiger partial charge in [0.1, 0.15) is 22.6 Å². The Hall–Kier alpha value is -3.83. The van der Waals surface area contributed by atoms with Crippen molar-refractivity contribution < 1.29 is 18.7 Å². The maximum atomic E-state index is 15.1. The summed E-state index contributed by atoms with van der Waals surface area (Å²) in [6, 6.07) is 9.76. The third-order valence-electron chi connectivity index (χ3n) is 9.19. The summed E-state index contributed by atoms with van der Waals surface area (Å²) in [5.41, 5.74) is 3.30. The second-order valence-corrected chi connectivity index (χ2v) is 13.6. The summed E-state index contributed by atoms with van der Waals surface area (Å²) >= 11 is 6.03. The Kier molecular flexibility index (Phi) is 7.64. The van der Waals surface area contributed by atoms with Gasteiger partial charge in [-0.1, -0.05) is 35.9 Å². The normalized spacial score (nSPS) is 21.2. The zero-order valence-corrected chi connectivity index (χ0v) is 26.5. The van der Waals surface area contributed by atoms with E-state index in [1.807, 2.05) is 26.8 Å². The van der Waals surface area contributed by atoms with Gasteiger partial charge in [0.05, 0.1) is 12.2 Å². The number of carbonyl (C=O) groups is 1. The molecule has 3 aromatic heterocycles. The molecule has 1 aromatic carbocycles. The van der Waals surface area contributed by atoms with Crippen LogP contribution < -0.4 is 10.2 Å². The minimum absolute atomic E-state index is 0.141. The third kappa shape index (κ3) is 5.61. The number of hydrogen-bond donors (Lipinski definition) is 1. The molecule has 1 N–H and O–H groups in total. The van der Waals surface area contributed by atoms with Crippen molar-refractivity contribution in [2.24, 2.45) is 5.41 Å². The van der Waals surface area contributed by atoms with Crippen LogP contribution in [0.2, 0.25) is 5.15 Å². The highest BCUT2D eigenvalue weighted by molar-refractivity contribution is 6.29. The van der Waals surface area contributed by atoms with Gasteiger partial charge in [0.15, 0.2) is 22.8 Å². The van der Waals surface area contributed by atoms with Gasteiger partial charge >= 0.3 is 6.09 Å². The summed E-state index contributed by atoms with van der Waals surface area (Å²) in [6.07, 6.45) is 7.81. The van der Waals surface area contributed by atoms with E-state index in [0.29, 0.717) is 23.5 Å². The number of piperidine rings is 1. The molecule has 45 heavy (non-hydrogen) atoms. The Morgan fingerprint density at radius 2 is 1.96 bits per heavy atom. The number of carbonyl (C=O) groups excluding carboxylic acids is 1. The van der Waals surface area contributed by atoms with E-state index in [-0.39, 0.29) is 28.4 Å². The van der Waals surface area contributed by atoms with Crippen LogP contribution in [0.3, 0.4) is 0 Å². The fourth-order valence-corrected chi connectivity index (χ4v) is 7.20. The first-order valence-corrected chi connectivity index (χ1v) is 16.0. The topological polar surface area (TPSA) is 107 Å². The van der Waals surface area contributed by atoms with Crippen molar-refractivity contribution in [2.45, 2.75) is 77.2 Å². The predicted molar refractivity (Wildman–Crippen MR) is 168 cm³/mol. The lowest BCUT2D eigenvalue weighted by molar-refractivity contribution is -0.0368. The van der Waals surface area contributed by atoms with Gasteiger partial charge in [-0.15, -0.1) is 0 Å². The Labute approximate surface area is 266 Å². The standard InChI is InChI=1S/C33H37ClFN7O3/c1-32(2,3)45-31(43)39-28-21-9-5-4-8-20(21)18-33(28)12-15-41(16-13-33)23-19-37-27-26(22-11-14-36-29(34)25(22)35)40-42(30(27)38-23)24-10-6-7-17-44-24/h4-5,8-9,11,14,19,24,28H,6-7,10,12-13,15-18H2,1-3H3,(H,39,43). The summed E-state index contributed by atoms with van der Waals surface area (Å²) in [6.45, 7) is 7.71. The number of nitrogens with zero attached hydrogens (tertiary/aromatic N) is 6. The Morgan fingerprint density at radius 3 is 2.71 bits per heavy atom. The molecule has 0 bridgehead atoms. The molecule has 2 atom stereocenters. The lowest BCUT2D eigenvalue weighted by Gasteiger charge is -2.43. The number of ether oxygens (including phenoxy) is 2. The van der Waals surface area contributed by atoms with Crippen molar-refractivity contribution in [1.82, 2.24) is 30.0 Å². The quantitative estimate of drug-likeness (QED) is 0.245. The lowest BCUT2D eigenvalue weighted by atomic mass is 9.72. The first-order valence-electron chi connectivity index (χ1n) is 15.6. The molecule has 2 aliphatic heterocycles. The maximum absolute atomic E-state index is 15.1. The van der Waals surface area contributed by atoms with Crippen LogP contribution in [0.4, 0.5) is 15.0 Å². The first kappa shape index (κ1) is 29.9. The molecule has 0 saturated carbocycles. The molecule has 1 spiro atoms. The molecule has 1 aliphatic carbocycles. The monoisotopic (exact) mass is 633 g/mol. The van der Waals surface area contributed by atoms with Gasteiger partial charge in [-0.3, -0.25) is 0 Å². The second kappa shape index (κ2) is 11.5. The van der Waals surface area contributed by atoms with Gasteiger partial charge in [0.25, 0.3) is 0 Å². The molecule has 2 fully saturated rings. The molecular weight excluding hydrogens is 597 g/mol. The van der Waals surface area contributed by atoms with E-state index in [4.69, 9.17) is 36.1 Å². The Morgan fingerprint density at radius 1 is 1.16 bits per heavy atom. The SMILES string of the molecule is CC(C)(C)OC(=O)NC1c2ccccc2CC12CCN(c1cnc3c(-c4ccnc(Cl)c4F)nn(C4CCCCO4)c3n1)CC2. The summed E-state index contributed by atoms with van der Waals surface area (Å²) in [5, 5.41) is 7.79. The van der Waals surface area contributed by atoms with Gasteiger partial charge in [0, 0.05) is 36.9 Å². The molecule has 3 aliphatic rings. The summed E-state index contributed by atoms with van der Waals surface area (Å²) < 4.78 is 28.6. The van der Waals surface area contributed by atoms with E-state index in [2.05, 4.69) is 33.4 Å². The molecule has 2 saturated heterocycles. The number of aromatic nitrogens is 5. The van der Waals surface area contributed by atoms with Crippen molar-refractivity contribution in [3.63, 3.8) is 0 Å². The number of halogens is 2. The van der Waals surface area contributed by atoms with Crippen molar-refractivity contribution in [3.8, 4) is 11.3 Å². The second-order valence-electron chi connectivity index (χ2n) is 13.3. The third-order valence-corrected chi connectivity index (χ3v) is 9.45. The fraction of sp³-hybridized carbons (Fsp3) is 0.485. The van der Waals surface area contributed by atoms with E-state index < -0.39 is 17.5 Å². The van der Waals surface area contributed by atoms with E-state index in [1.165, 1.54) is 11.8 Å². The molecule has 0 radical (unpaired) electrons. The summed E-state index contributed by atoms with van der Waals surface area (Å²) in [4.78, 5) is 28.9. The number of pyridine rings is 1. The highest BCUT2D eigenvalue weighted by Gasteiger charge is 2.49. The van der Waals surface area contributed by atoms with Gasteiger partial charge in [-0.2, -0.15) is 5.10 Å². The van der Waals surface area contributed by atoms with Crippen LogP contribution in [-0.4, -0.2) is 56.1 Å². The highest BCUT2D eigenvalue weighted by atomic mass is 35.5. The lowest BCUT2D eigenvalue weighted by Crippen LogP contribution is -2.48. The number of amides is 1. The molecule has 2 unspecified atom stereocenters. The number of nitrogens with one attached hydrogen (secondary N) is 1. The minimum atomic E-state index is -0.644. The number of anilines is 1. The number of rotatable bonds is 4. The van der Waals surface area contributed by atoms with Crippen molar-refractivity contribution in [2.75, 3.05) is 24.6 Å². The fourth-order valence-electron chi connectivity index (χ4n) is 7.04. The van der Waals surface area contributed by atoms with E-state index in [0.717, 1.165) is 63.0 Å². The Balaban J connectivity index is 1.19. The van der Waals surface area contributed by atoms with E-state index >= 15 is 4.39 Å². The molecule has 5 heterocycles. The number of benzene rings is 1. The molecule has 1 amide bonds. The van der Waals surface area contributed by atoms with Crippen LogP contribution in [0.1, 0.15) is 76.3 Å². The number of fused-ring (bicyclic) bond motifs is 2. The minimum Gasteiger partial charge on any atom is -0.444 e. The largest absolute Gasteiger partial charge is 0.444 e. The molecular formula is C33H37ClFN7O3. The van der Waals surface area contributed by atoms with E-state index in [1.54, 1.807) is 16.9 Å². The zero-order chi connectivity index (χ0) is 31.3. The van der Waals surface area contributed by atoms with Gasteiger partial charge < -0.3 is 19.7 Å². The molecule has 4 aromatic rings. The summed E-state index contributed by atoms with van der Waals surface area (Å²) in [5.74, 6) is 0.0795. The molecule has 7 rings (SSSR count). The molecule has 236 valence electrons. The Bertz CT molecular complexity index is 1740. The smallest absolute Gasteiger partial charge is 0.408 e. The van der Waals surface area contributed by atoms with Crippen molar-refractivity contribution in [1.29, 1.82) is 0 Å². The van der Waals surface area contributed by atoms with Crippen LogP contribution in [0.15, 0.2) is 42.7 Å². The zero-order valence-electron chi connectivity index (χ0n) is 25.7. The van der Waals surface area contributed by atoms with Crippen LogP contribution in [0, 0.1) is 11.2 Å². The maximum Gasteiger partial charge on any atom is 0.408 e. The molecule has 10 nitrogen and oxygen atoms in total. The van der Waals surface area contributed by atoms with Crippen LogP contribution in [0.25, 0.3) is 22.4 Å². The van der Waals surface area contributed by atoms with Gasteiger partial charge in [-0.25, -0.2) is 28.8 Å².